The minimum absolute atomic E-state index is 0.0132. The van der Waals surface area contributed by atoms with Crippen LogP contribution in [0.3, 0.4) is 0 Å². The van der Waals surface area contributed by atoms with Crippen molar-refractivity contribution in [2.24, 2.45) is 5.92 Å². The van der Waals surface area contributed by atoms with E-state index >= 15 is 0 Å². The zero-order valence-electron chi connectivity index (χ0n) is 19.0. The summed E-state index contributed by atoms with van der Waals surface area (Å²) in [6.45, 7) is 5.78. The van der Waals surface area contributed by atoms with Crippen molar-refractivity contribution in [1.29, 1.82) is 0 Å². The van der Waals surface area contributed by atoms with E-state index in [9.17, 15) is 4.79 Å². The molecular weight excluding hydrogens is 396 g/mol. The van der Waals surface area contributed by atoms with E-state index in [1.54, 1.807) is 0 Å². The summed E-state index contributed by atoms with van der Waals surface area (Å²) in [7, 11) is 0. The van der Waals surface area contributed by atoms with Gasteiger partial charge in [0.25, 0.3) is 0 Å². The second-order valence-electron chi connectivity index (χ2n) is 8.81. The van der Waals surface area contributed by atoms with Gasteiger partial charge in [-0.25, -0.2) is 0 Å². The third kappa shape index (κ3) is 5.52. The molecule has 1 N–H and O–H groups in total. The van der Waals surface area contributed by atoms with E-state index in [-0.39, 0.29) is 17.9 Å². The Morgan fingerprint density at radius 2 is 1.84 bits per heavy atom. The lowest BCUT2D eigenvalue weighted by molar-refractivity contribution is -0.125. The fraction of sp³-hybridized carbons (Fsp3) is 0.370. The van der Waals surface area contributed by atoms with Gasteiger partial charge in [0.05, 0.1) is 11.6 Å². The van der Waals surface area contributed by atoms with E-state index in [0.717, 1.165) is 49.3 Å². The summed E-state index contributed by atoms with van der Waals surface area (Å²) in [5.41, 5.74) is 4.48. The molecule has 1 saturated heterocycles. The summed E-state index contributed by atoms with van der Waals surface area (Å²) in [6.07, 6.45) is 3.82. The summed E-state index contributed by atoms with van der Waals surface area (Å²) < 4.78 is 0. The monoisotopic (exact) mass is 428 g/mol. The van der Waals surface area contributed by atoms with Gasteiger partial charge in [0.1, 0.15) is 0 Å². The number of piperidine rings is 1. The first kappa shape index (κ1) is 22.0. The van der Waals surface area contributed by atoms with Gasteiger partial charge in [-0.3, -0.25) is 4.79 Å². The number of hydrogen-bond donors (Lipinski definition) is 1. The van der Waals surface area contributed by atoms with Crippen molar-refractivity contribution >= 4 is 11.7 Å². The lowest BCUT2D eigenvalue weighted by Crippen LogP contribution is -2.45. The summed E-state index contributed by atoms with van der Waals surface area (Å²) in [6, 6.07) is 22.8. The molecule has 32 heavy (non-hydrogen) atoms. The molecule has 2 atom stereocenters. The van der Waals surface area contributed by atoms with Crippen molar-refractivity contribution in [2.45, 2.75) is 45.6 Å². The Morgan fingerprint density at radius 3 is 2.59 bits per heavy atom. The quantitative estimate of drug-likeness (QED) is 0.587. The van der Waals surface area contributed by atoms with Gasteiger partial charge >= 0.3 is 0 Å². The molecule has 3 aromatic rings. The number of carbonyl (C=O) groups excluding carboxylic acids is 1. The van der Waals surface area contributed by atoms with Gasteiger partial charge in [-0.2, -0.15) is 0 Å². The molecule has 1 fully saturated rings. The highest BCUT2D eigenvalue weighted by Crippen LogP contribution is 2.25. The van der Waals surface area contributed by atoms with Crippen LogP contribution in [0.25, 0.3) is 11.3 Å². The van der Waals surface area contributed by atoms with Gasteiger partial charge in [-0.15, -0.1) is 10.2 Å². The first-order valence-electron chi connectivity index (χ1n) is 11.6. The van der Waals surface area contributed by atoms with E-state index in [2.05, 4.69) is 70.7 Å². The van der Waals surface area contributed by atoms with Crippen molar-refractivity contribution in [3.05, 3.63) is 77.9 Å². The maximum Gasteiger partial charge on any atom is 0.225 e. The normalized spacial score (nSPS) is 17.1. The van der Waals surface area contributed by atoms with E-state index in [1.165, 1.54) is 11.1 Å². The Kier molecular flexibility index (Phi) is 7.15. The van der Waals surface area contributed by atoms with E-state index in [1.807, 2.05) is 30.3 Å². The average Bonchev–Trinajstić information content (AvgIpc) is 2.84. The minimum Gasteiger partial charge on any atom is -0.354 e. The molecule has 0 radical (unpaired) electrons. The van der Waals surface area contributed by atoms with Crippen LogP contribution in [0.1, 0.15) is 37.3 Å². The molecular formula is C27H32N4O. The summed E-state index contributed by atoms with van der Waals surface area (Å²) >= 11 is 0. The summed E-state index contributed by atoms with van der Waals surface area (Å²) in [4.78, 5) is 15.1. The Hall–Kier alpha value is -3.21. The van der Waals surface area contributed by atoms with Gasteiger partial charge < -0.3 is 10.2 Å². The fourth-order valence-electron chi connectivity index (χ4n) is 4.36. The summed E-state index contributed by atoms with van der Waals surface area (Å²) in [5.74, 6) is 0.984. The van der Waals surface area contributed by atoms with Crippen LogP contribution in [0, 0.1) is 12.8 Å². The molecule has 5 heteroatoms. The van der Waals surface area contributed by atoms with Gasteiger partial charge in [-0.1, -0.05) is 54.6 Å². The number of aryl methyl sites for hydroxylation is 2. The second-order valence-corrected chi connectivity index (χ2v) is 8.81. The molecule has 0 spiro atoms. The SMILES string of the molecule is Cc1ccccc1-c1ccc(N2CCC[C@@H](C(=O)N[C@H](C)CCc3ccccc3)C2)nn1. The number of amides is 1. The number of hydrogen-bond acceptors (Lipinski definition) is 4. The standard InChI is InChI=1S/C27H32N4O/c1-20-9-6-7-13-24(20)25-16-17-26(30-29-25)31-18-8-12-23(19-31)27(32)28-21(2)14-15-22-10-4-3-5-11-22/h3-7,9-11,13,16-17,21,23H,8,12,14-15,18-19H2,1-2H3,(H,28,32)/t21-,23-/m1/s1. The first-order chi connectivity index (χ1) is 15.6. The first-order valence-corrected chi connectivity index (χ1v) is 11.6. The minimum atomic E-state index is -0.0132. The molecule has 4 rings (SSSR count). The van der Waals surface area contributed by atoms with Crippen LogP contribution in [-0.2, 0) is 11.2 Å². The van der Waals surface area contributed by atoms with Crippen molar-refractivity contribution in [2.75, 3.05) is 18.0 Å². The summed E-state index contributed by atoms with van der Waals surface area (Å²) in [5, 5.41) is 12.2. The van der Waals surface area contributed by atoms with E-state index < -0.39 is 0 Å². The van der Waals surface area contributed by atoms with Crippen molar-refractivity contribution in [3.63, 3.8) is 0 Å². The van der Waals surface area contributed by atoms with Gasteiger partial charge in [0.2, 0.25) is 5.91 Å². The van der Waals surface area contributed by atoms with Crippen LogP contribution in [0.15, 0.2) is 66.7 Å². The predicted molar refractivity (Wildman–Crippen MR) is 130 cm³/mol. The Morgan fingerprint density at radius 1 is 1.06 bits per heavy atom. The number of nitrogens with one attached hydrogen (secondary N) is 1. The number of nitrogens with zero attached hydrogens (tertiary/aromatic N) is 3. The highest BCUT2D eigenvalue weighted by Gasteiger charge is 2.27. The highest BCUT2D eigenvalue weighted by molar-refractivity contribution is 5.79. The molecule has 0 saturated carbocycles. The van der Waals surface area contributed by atoms with Crippen LogP contribution in [0.2, 0.25) is 0 Å². The highest BCUT2D eigenvalue weighted by atomic mass is 16.2. The Balaban J connectivity index is 1.32. The van der Waals surface area contributed by atoms with Crippen LogP contribution in [-0.4, -0.2) is 35.2 Å². The number of carbonyl (C=O) groups is 1. The molecule has 2 heterocycles. The zero-order chi connectivity index (χ0) is 22.3. The number of benzene rings is 2. The lowest BCUT2D eigenvalue weighted by Gasteiger charge is -2.33. The van der Waals surface area contributed by atoms with Crippen LogP contribution < -0.4 is 10.2 Å². The third-order valence-electron chi connectivity index (χ3n) is 6.29. The maximum atomic E-state index is 12.9. The van der Waals surface area contributed by atoms with Gasteiger partial charge in [-0.05, 0) is 62.8 Å². The predicted octanol–water partition coefficient (Wildman–Crippen LogP) is 4.81. The molecule has 0 unspecified atom stereocenters. The largest absolute Gasteiger partial charge is 0.354 e. The number of rotatable bonds is 7. The average molecular weight is 429 g/mol. The topological polar surface area (TPSA) is 58.1 Å². The van der Waals surface area contributed by atoms with Crippen molar-refractivity contribution in [3.8, 4) is 11.3 Å². The van der Waals surface area contributed by atoms with E-state index in [4.69, 9.17) is 0 Å². The number of aromatic nitrogens is 2. The number of anilines is 1. The second kappa shape index (κ2) is 10.4. The van der Waals surface area contributed by atoms with Gasteiger partial charge in [0, 0.05) is 24.7 Å². The smallest absolute Gasteiger partial charge is 0.225 e. The van der Waals surface area contributed by atoms with Crippen molar-refractivity contribution < 1.29 is 4.79 Å². The molecule has 1 aliphatic rings. The van der Waals surface area contributed by atoms with Crippen LogP contribution in [0.4, 0.5) is 5.82 Å². The van der Waals surface area contributed by atoms with Crippen LogP contribution in [0.5, 0.6) is 0 Å². The molecule has 1 amide bonds. The van der Waals surface area contributed by atoms with Crippen LogP contribution >= 0.6 is 0 Å². The fourth-order valence-corrected chi connectivity index (χ4v) is 4.36. The molecule has 1 aromatic heterocycles. The molecule has 2 aromatic carbocycles. The Bertz CT molecular complexity index is 1020. The van der Waals surface area contributed by atoms with Gasteiger partial charge in [0.15, 0.2) is 5.82 Å². The molecule has 166 valence electrons. The zero-order valence-corrected chi connectivity index (χ0v) is 19.0. The maximum absolute atomic E-state index is 12.9. The third-order valence-corrected chi connectivity index (χ3v) is 6.29. The molecule has 0 bridgehead atoms. The molecule has 5 nitrogen and oxygen atoms in total. The van der Waals surface area contributed by atoms with Crippen molar-refractivity contribution in [1.82, 2.24) is 15.5 Å². The molecule has 1 aliphatic heterocycles. The lowest BCUT2D eigenvalue weighted by atomic mass is 9.96. The molecule has 0 aliphatic carbocycles. The Labute approximate surface area is 190 Å². The van der Waals surface area contributed by atoms with E-state index in [0.29, 0.717) is 6.54 Å².